The van der Waals surface area contributed by atoms with Crippen molar-refractivity contribution in [3.63, 3.8) is 0 Å². The highest BCUT2D eigenvalue weighted by Gasteiger charge is 2.16. The van der Waals surface area contributed by atoms with Crippen molar-refractivity contribution in [1.82, 2.24) is 4.90 Å². The van der Waals surface area contributed by atoms with Gasteiger partial charge in [-0.2, -0.15) is 0 Å². The Labute approximate surface area is 142 Å². The highest BCUT2D eigenvalue weighted by atomic mass is 16.5. The normalized spacial score (nSPS) is 12.0. The van der Waals surface area contributed by atoms with Crippen LogP contribution in [0.1, 0.15) is 18.6 Å². The zero-order valence-electron chi connectivity index (χ0n) is 14.1. The molecular weight excluding hydrogens is 304 g/mol. The Hall–Kier alpha value is -2.37. The van der Waals surface area contributed by atoms with Gasteiger partial charge in [0.05, 0.1) is 25.4 Å². The molecule has 2 aromatic rings. The molecule has 0 radical (unpaired) electrons. The lowest BCUT2D eigenvalue weighted by atomic mass is 10.1. The molecule has 0 aliphatic heterocycles. The first-order chi connectivity index (χ1) is 11.6. The number of hydrogen-bond acceptors (Lipinski definition) is 4. The zero-order valence-corrected chi connectivity index (χ0v) is 14.1. The fourth-order valence-electron chi connectivity index (χ4n) is 2.47. The van der Waals surface area contributed by atoms with Crippen molar-refractivity contribution in [2.45, 2.75) is 13.0 Å². The molecule has 0 aromatic heterocycles. The predicted octanol–water partition coefficient (Wildman–Crippen LogP) is 2.69. The van der Waals surface area contributed by atoms with Crippen molar-refractivity contribution in [2.75, 3.05) is 32.1 Å². The summed E-state index contributed by atoms with van der Waals surface area (Å²) >= 11 is 0. The molecular formula is C19H24N2O3. The first-order valence-corrected chi connectivity index (χ1v) is 8.02. The van der Waals surface area contributed by atoms with Crippen LogP contribution in [0.2, 0.25) is 0 Å². The van der Waals surface area contributed by atoms with Crippen molar-refractivity contribution in [1.29, 1.82) is 0 Å². The van der Waals surface area contributed by atoms with E-state index in [1.54, 1.807) is 19.2 Å². The number of benzene rings is 2. The number of nitrogens with one attached hydrogen (secondary N) is 1. The molecule has 5 heteroatoms. The maximum atomic E-state index is 12.3. The van der Waals surface area contributed by atoms with Crippen LogP contribution in [-0.4, -0.2) is 42.7 Å². The minimum atomic E-state index is -0.620. The molecule has 0 aliphatic carbocycles. The molecule has 2 aromatic carbocycles. The van der Waals surface area contributed by atoms with Crippen molar-refractivity contribution in [3.05, 3.63) is 60.2 Å². The second-order valence-corrected chi connectivity index (χ2v) is 5.50. The van der Waals surface area contributed by atoms with E-state index in [2.05, 4.69) is 5.32 Å². The maximum Gasteiger partial charge on any atom is 0.238 e. The molecule has 0 bridgehead atoms. The Morgan fingerprint density at radius 1 is 1.17 bits per heavy atom. The SMILES string of the molecule is CCN(CC(=O)Nc1ccccc1OC)CC(O)c1ccccc1. The molecule has 0 aliphatic rings. The molecule has 24 heavy (non-hydrogen) atoms. The molecule has 128 valence electrons. The Morgan fingerprint density at radius 2 is 1.83 bits per heavy atom. The van der Waals surface area contributed by atoms with Gasteiger partial charge in [-0.05, 0) is 24.2 Å². The van der Waals surface area contributed by atoms with Crippen LogP contribution in [-0.2, 0) is 4.79 Å². The summed E-state index contributed by atoms with van der Waals surface area (Å²) in [5.41, 5.74) is 1.49. The van der Waals surface area contributed by atoms with Crippen molar-refractivity contribution >= 4 is 11.6 Å². The topological polar surface area (TPSA) is 61.8 Å². The number of nitrogens with zero attached hydrogens (tertiary/aromatic N) is 1. The molecule has 2 N–H and O–H groups in total. The number of methoxy groups -OCH3 is 1. The number of aliphatic hydroxyl groups is 1. The van der Waals surface area contributed by atoms with Gasteiger partial charge in [0.25, 0.3) is 0 Å². The Morgan fingerprint density at radius 3 is 2.50 bits per heavy atom. The van der Waals surface area contributed by atoms with E-state index in [4.69, 9.17) is 4.74 Å². The number of carbonyl (C=O) groups is 1. The standard InChI is InChI=1S/C19H24N2O3/c1-3-21(13-17(22)15-9-5-4-6-10-15)14-19(23)20-16-11-7-8-12-18(16)24-2/h4-12,17,22H,3,13-14H2,1-2H3,(H,20,23). The Bertz CT molecular complexity index is 646. The first-order valence-electron chi connectivity index (χ1n) is 8.02. The number of likely N-dealkylation sites (N-methyl/N-ethyl adjacent to an activating group) is 1. The Balaban J connectivity index is 1.93. The minimum absolute atomic E-state index is 0.137. The van der Waals surface area contributed by atoms with E-state index < -0.39 is 6.10 Å². The summed E-state index contributed by atoms with van der Waals surface area (Å²) < 4.78 is 5.23. The van der Waals surface area contributed by atoms with Crippen LogP contribution in [0.15, 0.2) is 54.6 Å². The van der Waals surface area contributed by atoms with Gasteiger partial charge in [0.15, 0.2) is 0 Å². The molecule has 5 nitrogen and oxygen atoms in total. The third-order valence-corrected chi connectivity index (χ3v) is 3.81. The second-order valence-electron chi connectivity index (χ2n) is 5.50. The summed E-state index contributed by atoms with van der Waals surface area (Å²) in [7, 11) is 1.57. The number of carbonyl (C=O) groups excluding carboxylic acids is 1. The third-order valence-electron chi connectivity index (χ3n) is 3.81. The van der Waals surface area contributed by atoms with E-state index in [0.29, 0.717) is 24.5 Å². The number of anilines is 1. The molecule has 0 heterocycles. The van der Waals surface area contributed by atoms with Crippen molar-refractivity contribution in [2.24, 2.45) is 0 Å². The lowest BCUT2D eigenvalue weighted by molar-refractivity contribution is -0.117. The van der Waals surface area contributed by atoms with Crippen molar-refractivity contribution < 1.29 is 14.6 Å². The minimum Gasteiger partial charge on any atom is -0.495 e. The summed E-state index contributed by atoms with van der Waals surface area (Å²) in [4.78, 5) is 14.2. The molecule has 1 unspecified atom stereocenters. The number of aliphatic hydroxyl groups excluding tert-OH is 1. The van der Waals surface area contributed by atoms with E-state index in [-0.39, 0.29) is 12.5 Å². The van der Waals surface area contributed by atoms with E-state index in [1.165, 1.54) is 0 Å². The van der Waals surface area contributed by atoms with Crippen LogP contribution < -0.4 is 10.1 Å². The fourth-order valence-corrected chi connectivity index (χ4v) is 2.47. The van der Waals surface area contributed by atoms with Crippen LogP contribution in [0.4, 0.5) is 5.69 Å². The number of para-hydroxylation sites is 2. The van der Waals surface area contributed by atoms with Gasteiger partial charge in [0, 0.05) is 6.54 Å². The summed E-state index contributed by atoms with van der Waals surface area (Å²) in [5.74, 6) is 0.486. The summed E-state index contributed by atoms with van der Waals surface area (Å²) in [5, 5.41) is 13.2. The van der Waals surface area contributed by atoms with Gasteiger partial charge < -0.3 is 15.2 Å². The second kappa shape index (κ2) is 9.05. The first kappa shape index (κ1) is 18.0. The predicted molar refractivity (Wildman–Crippen MR) is 95.1 cm³/mol. The summed E-state index contributed by atoms with van der Waals surface area (Å²) in [6.45, 7) is 3.25. The summed E-state index contributed by atoms with van der Waals surface area (Å²) in [6, 6.07) is 16.7. The number of amides is 1. The zero-order chi connectivity index (χ0) is 17.4. The molecule has 0 saturated carbocycles. The number of hydrogen-bond donors (Lipinski definition) is 2. The average molecular weight is 328 g/mol. The fraction of sp³-hybridized carbons (Fsp3) is 0.316. The number of ether oxygens (including phenoxy) is 1. The largest absolute Gasteiger partial charge is 0.495 e. The smallest absolute Gasteiger partial charge is 0.238 e. The lowest BCUT2D eigenvalue weighted by Crippen LogP contribution is -2.36. The van der Waals surface area contributed by atoms with Crippen molar-refractivity contribution in [3.8, 4) is 5.75 Å². The van der Waals surface area contributed by atoms with Crippen LogP contribution >= 0.6 is 0 Å². The van der Waals surface area contributed by atoms with Crippen LogP contribution in [0.5, 0.6) is 5.75 Å². The molecule has 1 atom stereocenters. The molecule has 0 spiro atoms. The quantitative estimate of drug-likeness (QED) is 0.782. The molecule has 1 amide bonds. The number of rotatable bonds is 8. The van der Waals surface area contributed by atoms with Crippen LogP contribution in [0.3, 0.4) is 0 Å². The lowest BCUT2D eigenvalue weighted by Gasteiger charge is -2.23. The van der Waals surface area contributed by atoms with E-state index >= 15 is 0 Å². The highest BCUT2D eigenvalue weighted by molar-refractivity contribution is 5.93. The maximum absolute atomic E-state index is 12.3. The Kier molecular flexibility index (Phi) is 6.78. The van der Waals surface area contributed by atoms with Gasteiger partial charge in [-0.1, -0.05) is 49.4 Å². The van der Waals surface area contributed by atoms with Gasteiger partial charge in [-0.3, -0.25) is 9.69 Å². The highest BCUT2D eigenvalue weighted by Crippen LogP contribution is 2.23. The van der Waals surface area contributed by atoms with Gasteiger partial charge in [-0.25, -0.2) is 0 Å². The monoisotopic (exact) mass is 328 g/mol. The average Bonchev–Trinajstić information content (AvgIpc) is 2.62. The van der Waals surface area contributed by atoms with Gasteiger partial charge in [0.1, 0.15) is 5.75 Å². The van der Waals surface area contributed by atoms with Gasteiger partial charge >= 0.3 is 0 Å². The van der Waals surface area contributed by atoms with E-state index in [0.717, 1.165) is 5.56 Å². The van der Waals surface area contributed by atoms with Crippen LogP contribution in [0, 0.1) is 0 Å². The molecule has 0 fully saturated rings. The molecule has 0 saturated heterocycles. The molecule has 2 rings (SSSR count). The van der Waals surface area contributed by atoms with Crippen LogP contribution in [0.25, 0.3) is 0 Å². The van der Waals surface area contributed by atoms with Gasteiger partial charge in [-0.15, -0.1) is 0 Å². The summed E-state index contributed by atoms with van der Waals surface area (Å²) in [6.07, 6.45) is -0.620. The van der Waals surface area contributed by atoms with E-state index in [9.17, 15) is 9.90 Å². The van der Waals surface area contributed by atoms with Gasteiger partial charge in [0.2, 0.25) is 5.91 Å². The van der Waals surface area contributed by atoms with E-state index in [1.807, 2.05) is 54.3 Å². The third kappa shape index (κ3) is 5.08.